The highest BCUT2D eigenvalue weighted by molar-refractivity contribution is 7.98. The van der Waals surface area contributed by atoms with Gasteiger partial charge in [-0.05, 0) is 55.1 Å². The van der Waals surface area contributed by atoms with Gasteiger partial charge in [-0.2, -0.15) is 0 Å². The molecule has 5 nitrogen and oxygen atoms in total. The van der Waals surface area contributed by atoms with Crippen LogP contribution in [0.3, 0.4) is 0 Å². The molecule has 0 atom stereocenters. The molecule has 140 valence electrons. The third kappa shape index (κ3) is 4.34. The summed E-state index contributed by atoms with van der Waals surface area (Å²) in [6.07, 6.45) is 5.69. The van der Waals surface area contributed by atoms with Crippen LogP contribution < -0.4 is 4.74 Å². The summed E-state index contributed by atoms with van der Waals surface area (Å²) in [4.78, 5) is 19.0. The molecule has 0 spiro atoms. The Morgan fingerprint density at radius 2 is 1.85 bits per heavy atom. The highest BCUT2D eigenvalue weighted by Gasteiger charge is 2.15. The van der Waals surface area contributed by atoms with Crippen molar-refractivity contribution in [1.82, 2.24) is 14.5 Å². The summed E-state index contributed by atoms with van der Waals surface area (Å²) >= 11 is 1.59. The van der Waals surface area contributed by atoms with Crippen LogP contribution >= 0.6 is 11.8 Å². The van der Waals surface area contributed by atoms with Gasteiger partial charge in [0.2, 0.25) is 0 Å². The lowest BCUT2D eigenvalue weighted by molar-refractivity contribution is 0.0752. The van der Waals surface area contributed by atoms with Crippen molar-refractivity contribution in [2.45, 2.75) is 18.6 Å². The van der Waals surface area contributed by atoms with E-state index in [0.29, 0.717) is 18.7 Å². The Morgan fingerprint density at radius 1 is 1.15 bits per heavy atom. The molecule has 3 aromatic rings. The fourth-order valence-electron chi connectivity index (χ4n) is 2.86. The van der Waals surface area contributed by atoms with E-state index in [9.17, 15) is 4.79 Å². The Hall–Kier alpha value is -2.73. The predicted octanol–water partition coefficient (Wildman–Crippen LogP) is 4.27. The van der Waals surface area contributed by atoms with Gasteiger partial charge < -0.3 is 9.64 Å². The Kier molecular flexibility index (Phi) is 6.19. The van der Waals surface area contributed by atoms with Gasteiger partial charge in [0, 0.05) is 36.7 Å². The molecule has 0 saturated carbocycles. The van der Waals surface area contributed by atoms with Gasteiger partial charge in [0.05, 0.1) is 7.11 Å². The molecular weight excluding hydrogens is 358 g/mol. The number of aromatic nitrogens is 2. The number of thioether (sulfide) groups is 1. The zero-order chi connectivity index (χ0) is 19.2. The van der Waals surface area contributed by atoms with Gasteiger partial charge in [-0.15, -0.1) is 0 Å². The lowest BCUT2D eigenvalue weighted by Gasteiger charge is -2.21. The number of rotatable bonds is 7. The van der Waals surface area contributed by atoms with Crippen molar-refractivity contribution >= 4 is 17.7 Å². The second-order valence-corrected chi connectivity index (χ2v) is 6.77. The van der Waals surface area contributed by atoms with Crippen molar-refractivity contribution in [1.29, 1.82) is 0 Å². The van der Waals surface area contributed by atoms with Gasteiger partial charge >= 0.3 is 0 Å². The second kappa shape index (κ2) is 8.77. The van der Waals surface area contributed by atoms with Gasteiger partial charge in [0.15, 0.2) is 5.16 Å². The molecule has 0 aliphatic heterocycles. The summed E-state index contributed by atoms with van der Waals surface area (Å²) in [6, 6.07) is 15.5. The summed E-state index contributed by atoms with van der Waals surface area (Å²) in [5.41, 5.74) is 2.75. The van der Waals surface area contributed by atoms with Gasteiger partial charge in [-0.1, -0.05) is 23.9 Å². The predicted molar refractivity (Wildman–Crippen MR) is 109 cm³/mol. The second-order valence-electron chi connectivity index (χ2n) is 6.00. The smallest absolute Gasteiger partial charge is 0.254 e. The fraction of sp³-hybridized carbons (Fsp3) is 0.238. The Bertz CT molecular complexity index is 889. The topological polar surface area (TPSA) is 47.4 Å². The molecule has 27 heavy (non-hydrogen) atoms. The summed E-state index contributed by atoms with van der Waals surface area (Å²) in [6.45, 7) is 3.20. The first-order valence-electron chi connectivity index (χ1n) is 8.76. The van der Waals surface area contributed by atoms with E-state index in [1.807, 2.05) is 77.4 Å². The summed E-state index contributed by atoms with van der Waals surface area (Å²) in [5, 5.41) is 0.920. The number of nitrogens with zero attached hydrogens (tertiary/aromatic N) is 3. The van der Waals surface area contributed by atoms with Crippen LogP contribution in [0.25, 0.3) is 5.69 Å². The van der Waals surface area contributed by atoms with E-state index < -0.39 is 0 Å². The molecule has 2 aromatic carbocycles. The lowest BCUT2D eigenvalue weighted by Crippen LogP contribution is -2.30. The maximum Gasteiger partial charge on any atom is 0.254 e. The van der Waals surface area contributed by atoms with E-state index in [1.165, 1.54) is 0 Å². The van der Waals surface area contributed by atoms with Gasteiger partial charge in [0.25, 0.3) is 5.91 Å². The highest BCUT2D eigenvalue weighted by Crippen LogP contribution is 2.19. The van der Waals surface area contributed by atoms with E-state index in [2.05, 4.69) is 4.98 Å². The summed E-state index contributed by atoms with van der Waals surface area (Å²) in [5.74, 6) is 0.836. The fourth-order valence-corrected chi connectivity index (χ4v) is 3.39. The first-order valence-corrected chi connectivity index (χ1v) is 9.98. The van der Waals surface area contributed by atoms with Gasteiger partial charge in [-0.3, -0.25) is 9.36 Å². The molecule has 0 aliphatic rings. The number of imidazole rings is 1. The normalized spacial score (nSPS) is 10.6. The molecule has 1 amide bonds. The molecular formula is C21H23N3O2S. The molecule has 0 fully saturated rings. The van der Waals surface area contributed by atoms with Crippen LogP contribution in [-0.2, 0) is 6.54 Å². The van der Waals surface area contributed by atoms with Crippen LogP contribution in [0, 0.1) is 0 Å². The van der Waals surface area contributed by atoms with E-state index in [1.54, 1.807) is 25.1 Å². The van der Waals surface area contributed by atoms with Crippen LogP contribution in [0.1, 0.15) is 22.8 Å². The molecule has 0 N–H and O–H groups in total. The van der Waals surface area contributed by atoms with Crippen LogP contribution in [0.2, 0.25) is 0 Å². The molecule has 6 heteroatoms. The van der Waals surface area contributed by atoms with E-state index in [4.69, 9.17) is 4.74 Å². The van der Waals surface area contributed by atoms with Crippen LogP contribution in [0.15, 0.2) is 66.1 Å². The quantitative estimate of drug-likeness (QED) is 0.574. The molecule has 0 unspecified atom stereocenters. The summed E-state index contributed by atoms with van der Waals surface area (Å²) in [7, 11) is 1.65. The van der Waals surface area contributed by atoms with Crippen molar-refractivity contribution in [2.24, 2.45) is 0 Å². The number of ether oxygens (including phenoxy) is 1. The van der Waals surface area contributed by atoms with Gasteiger partial charge in [0.1, 0.15) is 5.75 Å². The minimum atomic E-state index is 0.0237. The van der Waals surface area contributed by atoms with Crippen LogP contribution in [-0.4, -0.2) is 40.3 Å². The minimum Gasteiger partial charge on any atom is -0.497 e. The molecule has 0 aliphatic carbocycles. The monoisotopic (exact) mass is 381 g/mol. The summed E-state index contributed by atoms with van der Waals surface area (Å²) < 4.78 is 7.19. The Labute approximate surface area is 164 Å². The largest absolute Gasteiger partial charge is 0.497 e. The number of hydrogen-bond acceptors (Lipinski definition) is 4. The molecule has 0 radical (unpaired) electrons. The maximum absolute atomic E-state index is 12.9. The molecule has 1 heterocycles. The average Bonchev–Trinajstić information content (AvgIpc) is 3.21. The van der Waals surface area contributed by atoms with Crippen molar-refractivity contribution in [3.8, 4) is 11.4 Å². The average molecular weight is 382 g/mol. The Morgan fingerprint density at radius 3 is 2.44 bits per heavy atom. The molecule has 3 rings (SSSR count). The van der Waals surface area contributed by atoms with Crippen molar-refractivity contribution in [2.75, 3.05) is 19.9 Å². The minimum absolute atomic E-state index is 0.0237. The molecule has 0 bridgehead atoms. The number of hydrogen-bond donors (Lipinski definition) is 0. The number of carbonyl (C=O) groups is 1. The third-order valence-corrected chi connectivity index (χ3v) is 5.05. The SMILES string of the molecule is CCN(Cc1ccc(OC)cc1)C(=O)c1ccc(-n2ccnc2SC)cc1. The number of benzene rings is 2. The number of methoxy groups -OCH3 is 1. The van der Waals surface area contributed by atoms with Crippen molar-refractivity contribution in [3.05, 3.63) is 72.1 Å². The van der Waals surface area contributed by atoms with Crippen molar-refractivity contribution in [3.63, 3.8) is 0 Å². The molecule has 0 saturated heterocycles. The Balaban J connectivity index is 1.74. The van der Waals surface area contributed by atoms with Crippen LogP contribution in [0.5, 0.6) is 5.75 Å². The van der Waals surface area contributed by atoms with Crippen molar-refractivity contribution < 1.29 is 9.53 Å². The molecule has 1 aromatic heterocycles. The zero-order valence-corrected chi connectivity index (χ0v) is 16.6. The lowest BCUT2D eigenvalue weighted by atomic mass is 10.1. The number of carbonyl (C=O) groups excluding carboxylic acids is 1. The highest BCUT2D eigenvalue weighted by atomic mass is 32.2. The first kappa shape index (κ1) is 19.0. The van der Waals surface area contributed by atoms with E-state index in [0.717, 1.165) is 22.2 Å². The zero-order valence-electron chi connectivity index (χ0n) is 15.8. The number of amides is 1. The van der Waals surface area contributed by atoms with Crippen LogP contribution in [0.4, 0.5) is 0 Å². The van der Waals surface area contributed by atoms with E-state index >= 15 is 0 Å². The van der Waals surface area contributed by atoms with E-state index in [-0.39, 0.29) is 5.91 Å². The first-order chi connectivity index (χ1) is 13.2. The standard InChI is InChI=1S/C21H23N3O2S/c1-4-23(15-16-5-11-19(26-2)12-6-16)20(25)17-7-9-18(10-8-17)24-14-13-22-21(24)27-3/h5-14H,4,15H2,1-3H3. The van der Waals surface area contributed by atoms with Gasteiger partial charge in [-0.25, -0.2) is 4.98 Å². The third-order valence-electron chi connectivity index (χ3n) is 4.38. The maximum atomic E-state index is 12.9.